The maximum atomic E-state index is 12.4. The molecule has 1 aromatic heterocycles. The Morgan fingerprint density at radius 1 is 1.35 bits per heavy atom. The van der Waals surface area contributed by atoms with E-state index in [-0.39, 0.29) is 11.9 Å². The Morgan fingerprint density at radius 2 is 2.09 bits per heavy atom. The van der Waals surface area contributed by atoms with Crippen LogP contribution in [0.2, 0.25) is 0 Å². The van der Waals surface area contributed by atoms with Gasteiger partial charge < -0.3 is 15.2 Å². The van der Waals surface area contributed by atoms with Crippen molar-refractivity contribution in [3.8, 4) is 5.75 Å². The van der Waals surface area contributed by atoms with E-state index >= 15 is 0 Å². The van der Waals surface area contributed by atoms with Gasteiger partial charge >= 0.3 is 0 Å². The molecule has 3 rings (SSSR count). The Hall–Kier alpha value is -2.14. The number of carbonyl (C=O) groups is 1. The van der Waals surface area contributed by atoms with E-state index in [0.717, 1.165) is 29.5 Å². The molecule has 0 aliphatic heterocycles. The van der Waals surface area contributed by atoms with Crippen molar-refractivity contribution in [1.29, 1.82) is 0 Å². The second-order valence-corrected chi connectivity index (χ2v) is 6.53. The first-order valence-corrected chi connectivity index (χ1v) is 7.94. The highest BCUT2D eigenvalue weighted by molar-refractivity contribution is 5.97. The number of aliphatic hydroxyl groups is 1. The molecule has 1 heterocycles. The lowest BCUT2D eigenvalue weighted by Crippen LogP contribution is -2.42. The third-order valence-electron chi connectivity index (χ3n) is 4.55. The highest BCUT2D eigenvalue weighted by Gasteiger charge is 2.29. The molecular weight excluding hydrogens is 292 g/mol. The van der Waals surface area contributed by atoms with Crippen LogP contribution in [-0.4, -0.2) is 34.8 Å². The Bertz CT molecular complexity index is 717. The lowest BCUT2D eigenvalue weighted by Gasteiger charge is -2.33. The molecule has 1 amide bonds. The van der Waals surface area contributed by atoms with Crippen molar-refractivity contribution in [3.05, 3.63) is 36.0 Å². The van der Waals surface area contributed by atoms with Crippen LogP contribution >= 0.6 is 0 Å². The SMILES string of the molecule is COc1ccc2cc(C(=O)N[C@H]3CC[C@@](C)(O)CC3)cnc2c1. The van der Waals surface area contributed by atoms with Crippen molar-refractivity contribution < 1.29 is 14.6 Å². The average molecular weight is 314 g/mol. The van der Waals surface area contributed by atoms with Crippen molar-refractivity contribution in [2.24, 2.45) is 0 Å². The molecule has 1 aliphatic rings. The van der Waals surface area contributed by atoms with Gasteiger partial charge in [0, 0.05) is 23.7 Å². The van der Waals surface area contributed by atoms with Crippen LogP contribution in [0.5, 0.6) is 5.75 Å². The van der Waals surface area contributed by atoms with Gasteiger partial charge in [0.15, 0.2) is 0 Å². The molecule has 1 aliphatic carbocycles. The van der Waals surface area contributed by atoms with Crippen LogP contribution in [0.15, 0.2) is 30.5 Å². The van der Waals surface area contributed by atoms with Crippen LogP contribution in [0, 0.1) is 0 Å². The van der Waals surface area contributed by atoms with E-state index in [4.69, 9.17) is 4.74 Å². The molecule has 2 aromatic rings. The predicted octanol–water partition coefficient (Wildman–Crippen LogP) is 2.67. The molecule has 5 nitrogen and oxygen atoms in total. The molecule has 0 saturated heterocycles. The summed E-state index contributed by atoms with van der Waals surface area (Å²) in [5.41, 5.74) is 0.764. The van der Waals surface area contributed by atoms with Crippen LogP contribution in [0.3, 0.4) is 0 Å². The maximum Gasteiger partial charge on any atom is 0.253 e. The van der Waals surface area contributed by atoms with Crippen LogP contribution < -0.4 is 10.1 Å². The smallest absolute Gasteiger partial charge is 0.253 e. The van der Waals surface area contributed by atoms with Gasteiger partial charge in [-0.05, 0) is 50.8 Å². The molecule has 0 spiro atoms. The van der Waals surface area contributed by atoms with Crippen molar-refractivity contribution in [2.45, 2.75) is 44.2 Å². The molecule has 1 saturated carbocycles. The quantitative estimate of drug-likeness (QED) is 0.913. The number of methoxy groups -OCH3 is 1. The van der Waals surface area contributed by atoms with E-state index in [9.17, 15) is 9.90 Å². The van der Waals surface area contributed by atoms with Gasteiger partial charge in [-0.1, -0.05) is 0 Å². The van der Waals surface area contributed by atoms with E-state index in [1.54, 1.807) is 13.3 Å². The monoisotopic (exact) mass is 314 g/mol. The number of pyridine rings is 1. The minimum atomic E-state index is -0.592. The fraction of sp³-hybridized carbons (Fsp3) is 0.444. The third kappa shape index (κ3) is 3.62. The molecule has 0 atom stereocenters. The van der Waals surface area contributed by atoms with Crippen LogP contribution in [0.25, 0.3) is 10.9 Å². The topological polar surface area (TPSA) is 71.5 Å². The van der Waals surface area contributed by atoms with Crippen molar-refractivity contribution in [3.63, 3.8) is 0 Å². The zero-order chi connectivity index (χ0) is 16.4. The molecule has 0 radical (unpaired) electrons. The number of aromatic nitrogens is 1. The zero-order valence-electron chi connectivity index (χ0n) is 13.5. The highest BCUT2D eigenvalue weighted by atomic mass is 16.5. The van der Waals surface area contributed by atoms with E-state index < -0.39 is 5.60 Å². The molecule has 5 heteroatoms. The number of hydrogen-bond donors (Lipinski definition) is 2. The summed E-state index contributed by atoms with van der Waals surface area (Å²) in [6, 6.07) is 7.57. The summed E-state index contributed by atoms with van der Waals surface area (Å²) < 4.78 is 5.18. The number of amides is 1. The van der Waals surface area contributed by atoms with Crippen molar-refractivity contribution >= 4 is 16.8 Å². The van der Waals surface area contributed by atoms with Gasteiger partial charge in [0.05, 0.1) is 23.8 Å². The molecular formula is C18H22N2O3. The first-order valence-electron chi connectivity index (χ1n) is 7.94. The van der Waals surface area contributed by atoms with Gasteiger partial charge in [0.1, 0.15) is 5.75 Å². The molecule has 1 fully saturated rings. The van der Waals surface area contributed by atoms with E-state index in [0.29, 0.717) is 18.4 Å². The summed E-state index contributed by atoms with van der Waals surface area (Å²) in [7, 11) is 1.62. The highest BCUT2D eigenvalue weighted by Crippen LogP contribution is 2.28. The van der Waals surface area contributed by atoms with Crippen molar-refractivity contribution in [1.82, 2.24) is 10.3 Å². The fourth-order valence-electron chi connectivity index (χ4n) is 3.01. The van der Waals surface area contributed by atoms with Crippen molar-refractivity contribution in [2.75, 3.05) is 7.11 Å². The predicted molar refractivity (Wildman–Crippen MR) is 88.6 cm³/mol. The number of rotatable bonds is 3. The molecule has 122 valence electrons. The molecule has 2 N–H and O–H groups in total. The number of ether oxygens (including phenoxy) is 1. The van der Waals surface area contributed by atoms with E-state index in [1.165, 1.54) is 0 Å². The third-order valence-corrected chi connectivity index (χ3v) is 4.55. The summed E-state index contributed by atoms with van der Waals surface area (Å²) in [6.07, 6.45) is 4.63. The number of carbonyl (C=O) groups excluding carboxylic acids is 1. The first-order chi connectivity index (χ1) is 11.0. The summed E-state index contributed by atoms with van der Waals surface area (Å²) in [6.45, 7) is 1.85. The molecule has 0 unspecified atom stereocenters. The van der Waals surface area contributed by atoms with Gasteiger partial charge in [0.25, 0.3) is 5.91 Å². The summed E-state index contributed by atoms with van der Waals surface area (Å²) >= 11 is 0. The Labute approximate surface area is 135 Å². The number of hydrogen-bond acceptors (Lipinski definition) is 4. The molecule has 0 bridgehead atoms. The fourth-order valence-corrected chi connectivity index (χ4v) is 3.01. The largest absolute Gasteiger partial charge is 0.497 e. The van der Waals surface area contributed by atoms with Gasteiger partial charge in [0.2, 0.25) is 0 Å². The zero-order valence-corrected chi connectivity index (χ0v) is 13.5. The average Bonchev–Trinajstić information content (AvgIpc) is 2.55. The standard InChI is InChI=1S/C18H22N2O3/c1-18(22)7-5-14(6-8-18)20-17(21)13-9-12-3-4-15(23-2)10-16(12)19-11-13/h3-4,9-11,14,22H,5-8H2,1-2H3,(H,20,21)/t14-,18+. The summed E-state index contributed by atoms with van der Waals surface area (Å²) in [4.78, 5) is 16.7. The second kappa shape index (κ2) is 6.16. The minimum Gasteiger partial charge on any atom is -0.497 e. The Morgan fingerprint density at radius 3 is 2.78 bits per heavy atom. The van der Waals surface area contributed by atoms with Gasteiger partial charge in [-0.3, -0.25) is 9.78 Å². The normalized spacial score (nSPS) is 24.4. The van der Waals surface area contributed by atoms with Gasteiger partial charge in [-0.25, -0.2) is 0 Å². The number of fused-ring (bicyclic) bond motifs is 1. The molecule has 1 aromatic carbocycles. The Balaban J connectivity index is 1.71. The minimum absolute atomic E-state index is 0.109. The summed E-state index contributed by atoms with van der Waals surface area (Å²) in [5, 5.41) is 13.9. The van der Waals surface area contributed by atoms with E-state index in [2.05, 4.69) is 10.3 Å². The van der Waals surface area contributed by atoms with Crippen LogP contribution in [0.4, 0.5) is 0 Å². The second-order valence-electron chi connectivity index (χ2n) is 6.53. The lowest BCUT2D eigenvalue weighted by atomic mass is 9.83. The van der Waals surface area contributed by atoms with E-state index in [1.807, 2.05) is 31.2 Å². The van der Waals surface area contributed by atoms with Gasteiger partial charge in [-0.2, -0.15) is 0 Å². The number of benzene rings is 1. The number of nitrogens with zero attached hydrogens (tertiary/aromatic N) is 1. The Kier molecular flexibility index (Phi) is 4.22. The lowest BCUT2D eigenvalue weighted by molar-refractivity contribution is 0.0140. The molecule has 23 heavy (non-hydrogen) atoms. The summed E-state index contributed by atoms with van der Waals surface area (Å²) in [5.74, 6) is 0.637. The first kappa shape index (κ1) is 15.7. The van der Waals surface area contributed by atoms with Gasteiger partial charge in [-0.15, -0.1) is 0 Å². The van der Waals surface area contributed by atoms with Crippen LogP contribution in [0.1, 0.15) is 43.0 Å². The van der Waals surface area contributed by atoms with Crippen LogP contribution in [-0.2, 0) is 0 Å². The maximum absolute atomic E-state index is 12.4. The number of nitrogens with one attached hydrogen (secondary N) is 1.